The third kappa shape index (κ3) is 6.84. The number of ether oxygens (including phenoxy) is 2. The van der Waals surface area contributed by atoms with Gasteiger partial charge in [-0.15, -0.1) is 0 Å². The maximum Gasteiger partial charge on any atom is 0.330 e. The third-order valence-electron chi connectivity index (χ3n) is 4.79. The van der Waals surface area contributed by atoms with Crippen molar-refractivity contribution in [3.63, 3.8) is 0 Å². The molecule has 0 amide bonds. The number of unbranched alkanes of at least 4 members (excludes halogenated alkanes) is 2. The normalized spacial score (nSPS) is 10.2. The van der Waals surface area contributed by atoms with Crippen molar-refractivity contribution in [2.45, 2.75) is 25.7 Å². The SMILES string of the molecule is C=CC(=O)OCCCCCC(=O)Oc1ccc(N(c2ccccc2)c2ccccc2)cc1. The average molecular weight is 430 g/mol. The lowest BCUT2D eigenvalue weighted by Crippen LogP contribution is -2.10. The van der Waals surface area contributed by atoms with Gasteiger partial charge in [-0.3, -0.25) is 4.79 Å². The lowest BCUT2D eigenvalue weighted by molar-refractivity contribution is -0.138. The zero-order valence-corrected chi connectivity index (χ0v) is 18.0. The largest absolute Gasteiger partial charge is 0.463 e. The number of carbonyl (C=O) groups is 2. The van der Waals surface area contributed by atoms with E-state index in [1.54, 1.807) is 12.1 Å². The second-order valence-electron chi connectivity index (χ2n) is 7.16. The summed E-state index contributed by atoms with van der Waals surface area (Å²) in [6.07, 6.45) is 3.62. The molecule has 0 bridgehead atoms. The third-order valence-corrected chi connectivity index (χ3v) is 4.79. The summed E-state index contributed by atoms with van der Waals surface area (Å²) in [7, 11) is 0. The fourth-order valence-corrected chi connectivity index (χ4v) is 3.23. The van der Waals surface area contributed by atoms with E-state index in [0.29, 0.717) is 31.6 Å². The zero-order chi connectivity index (χ0) is 22.6. The predicted molar refractivity (Wildman–Crippen MR) is 126 cm³/mol. The fraction of sp³-hybridized carbons (Fsp3) is 0.185. The number of hydrogen-bond acceptors (Lipinski definition) is 5. The summed E-state index contributed by atoms with van der Waals surface area (Å²) in [5.74, 6) is -0.186. The van der Waals surface area contributed by atoms with Crippen molar-refractivity contribution >= 4 is 29.0 Å². The summed E-state index contributed by atoms with van der Waals surface area (Å²) < 4.78 is 10.4. The standard InChI is InChI=1S/C27H27NO4/c1-2-26(29)31-21-11-5-10-16-27(30)32-25-19-17-24(18-20-25)28(22-12-6-3-7-13-22)23-14-8-4-9-15-23/h2-4,6-9,12-15,17-20H,1,5,10-11,16,21H2. The zero-order valence-electron chi connectivity index (χ0n) is 18.0. The van der Waals surface area contributed by atoms with Gasteiger partial charge in [-0.05, 0) is 67.8 Å². The van der Waals surface area contributed by atoms with Crippen molar-refractivity contribution in [1.29, 1.82) is 0 Å². The van der Waals surface area contributed by atoms with E-state index in [2.05, 4.69) is 35.7 Å². The van der Waals surface area contributed by atoms with E-state index in [4.69, 9.17) is 9.47 Å². The van der Waals surface area contributed by atoms with E-state index in [9.17, 15) is 9.59 Å². The molecule has 0 aliphatic heterocycles. The van der Waals surface area contributed by atoms with Crippen LogP contribution in [0.25, 0.3) is 0 Å². The number of carbonyl (C=O) groups excluding carboxylic acids is 2. The lowest BCUT2D eigenvalue weighted by Gasteiger charge is -2.25. The molecular weight excluding hydrogens is 402 g/mol. The van der Waals surface area contributed by atoms with Crippen LogP contribution < -0.4 is 9.64 Å². The van der Waals surface area contributed by atoms with Gasteiger partial charge in [0, 0.05) is 29.6 Å². The van der Waals surface area contributed by atoms with Gasteiger partial charge in [-0.2, -0.15) is 0 Å². The highest BCUT2D eigenvalue weighted by Crippen LogP contribution is 2.34. The van der Waals surface area contributed by atoms with E-state index in [1.807, 2.05) is 48.5 Å². The van der Waals surface area contributed by atoms with E-state index < -0.39 is 5.97 Å². The number of hydrogen-bond donors (Lipinski definition) is 0. The van der Waals surface area contributed by atoms with E-state index in [-0.39, 0.29) is 5.97 Å². The minimum Gasteiger partial charge on any atom is -0.463 e. The Hall–Kier alpha value is -3.86. The molecule has 5 heteroatoms. The van der Waals surface area contributed by atoms with E-state index in [1.165, 1.54) is 0 Å². The quantitative estimate of drug-likeness (QED) is 0.154. The fourth-order valence-electron chi connectivity index (χ4n) is 3.23. The molecule has 0 saturated carbocycles. The molecule has 0 saturated heterocycles. The molecule has 0 spiro atoms. The van der Waals surface area contributed by atoms with E-state index in [0.717, 1.165) is 29.6 Å². The number of esters is 2. The van der Waals surface area contributed by atoms with Crippen LogP contribution in [0.3, 0.4) is 0 Å². The molecular formula is C27H27NO4. The number of benzene rings is 3. The van der Waals surface area contributed by atoms with Crippen LogP contribution in [0.1, 0.15) is 25.7 Å². The Balaban J connectivity index is 1.56. The number of para-hydroxylation sites is 2. The van der Waals surface area contributed by atoms with E-state index >= 15 is 0 Å². The Morgan fingerprint density at radius 1 is 0.750 bits per heavy atom. The van der Waals surface area contributed by atoms with Crippen LogP contribution in [0.2, 0.25) is 0 Å². The monoisotopic (exact) mass is 429 g/mol. The molecule has 3 aromatic rings. The van der Waals surface area contributed by atoms with Crippen molar-refractivity contribution < 1.29 is 19.1 Å². The van der Waals surface area contributed by atoms with Crippen molar-refractivity contribution in [2.75, 3.05) is 11.5 Å². The Morgan fingerprint density at radius 2 is 1.31 bits per heavy atom. The maximum atomic E-state index is 12.1. The minimum absolute atomic E-state index is 0.274. The van der Waals surface area contributed by atoms with Gasteiger partial charge in [-0.1, -0.05) is 43.0 Å². The molecule has 32 heavy (non-hydrogen) atoms. The summed E-state index contributed by atoms with van der Waals surface area (Å²) in [6, 6.07) is 27.7. The molecule has 3 rings (SSSR count). The highest BCUT2D eigenvalue weighted by molar-refractivity contribution is 5.81. The van der Waals surface area contributed by atoms with Gasteiger partial charge < -0.3 is 14.4 Å². The van der Waals surface area contributed by atoms with Crippen LogP contribution in [-0.2, 0) is 14.3 Å². The van der Waals surface area contributed by atoms with Crippen molar-refractivity contribution in [2.24, 2.45) is 0 Å². The molecule has 0 radical (unpaired) electrons. The van der Waals surface area contributed by atoms with Gasteiger partial charge in [0.15, 0.2) is 0 Å². The van der Waals surface area contributed by atoms with Gasteiger partial charge in [-0.25, -0.2) is 4.79 Å². The smallest absolute Gasteiger partial charge is 0.330 e. The second kappa shape index (κ2) is 12.1. The highest BCUT2D eigenvalue weighted by Gasteiger charge is 2.12. The first-order chi connectivity index (χ1) is 15.7. The summed E-state index contributed by atoms with van der Waals surface area (Å²) >= 11 is 0. The molecule has 0 aromatic heterocycles. The first kappa shape index (κ1) is 22.8. The first-order valence-electron chi connectivity index (χ1n) is 10.7. The topological polar surface area (TPSA) is 55.8 Å². The Bertz CT molecular complexity index is 961. The Labute approximate surface area is 188 Å². The van der Waals surface area contributed by atoms with Gasteiger partial charge in [0.05, 0.1) is 6.61 Å². The summed E-state index contributed by atoms with van der Waals surface area (Å²) in [4.78, 5) is 25.2. The second-order valence-corrected chi connectivity index (χ2v) is 7.16. The predicted octanol–water partition coefficient (Wildman–Crippen LogP) is 6.35. The highest BCUT2D eigenvalue weighted by atomic mass is 16.5. The molecule has 0 aliphatic carbocycles. The molecule has 164 valence electrons. The molecule has 3 aromatic carbocycles. The van der Waals surface area contributed by atoms with Crippen LogP contribution in [0.5, 0.6) is 5.75 Å². The van der Waals surface area contributed by atoms with Crippen LogP contribution in [-0.4, -0.2) is 18.5 Å². The average Bonchev–Trinajstić information content (AvgIpc) is 2.84. The molecule has 0 atom stereocenters. The first-order valence-corrected chi connectivity index (χ1v) is 10.7. The molecule has 0 N–H and O–H groups in total. The maximum absolute atomic E-state index is 12.1. The van der Waals surface area contributed by atoms with Gasteiger partial charge in [0.25, 0.3) is 0 Å². The van der Waals surface area contributed by atoms with Crippen LogP contribution in [0.4, 0.5) is 17.1 Å². The summed E-state index contributed by atoms with van der Waals surface area (Å²) in [5.41, 5.74) is 3.06. The van der Waals surface area contributed by atoms with Gasteiger partial charge in [0.2, 0.25) is 0 Å². The number of rotatable bonds is 11. The van der Waals surface area contributed by atoms with Crippen LogP contribution >= 0.6 is 0 Å². The Morgan fingerprint density at radius 3 is 1.88 bits per heavy atom. The van der Waals surface area contributed by atoms with Gasteiger partial charge in [0.1, 0.15) is 5.75 Å². The van der Waals surface area contributed by atoms with Crippen molar-refractivity contribution in [1.82, 2.24) is 0 Å². The molecule has 0 fully saturated rings. The van der Waals surface area contributed by atoms with Crippen LogP contribution in [0, 0.1) is 0 Å². The molecule has 0 heterocycles. The number of nitrogens with zero attached hydrogens (tertiary/aromatic N) is 1. The Kier molecular flexibility index (Phi) is 8.63. The molecule has 0 unspecified atom stereocenters. The molecule has 5 nitrogen and oxygen atoms in total. The lowest BCUT2D eigenvalue weighted by atomic mass is 10.2. The van der Waals surface area contributed by atoms with Crippen LogP contribution in [0.15, 0.2) is 97.6 Å². The van der Waals surface area contributed by atoms with Gasteiger partial charge >= 0.3 is 11.9 Å². The summed E-state index contributed by atoms with van der Waals surface area (Å²) in [6.45, 7) is 3.68. The number of anilines is 3. The molecule has 0 aliphatic rings. The van der Waals surface area contributed by atoms with Crippen molar-refractivity contribution in [3.8, 4) is 5.75 Å². The summed E-state index contributed by atoms with van der Waals surface area (Å²) in [5, 5.41) is 0. The van der Waals surface area contributed by atoms with Crippen molar-refractivity contribution in [3.05, 3.63) is 97.6 Å². The minimum atomic E-state index is -0.425.